The van der Waals surface area contributed by atoms with Crippen LogP contribution in [0.15, 0.2) is 16.7 Å². The molecule has 78 valence electrons. The molecule has 0 radical (unpaired) electrons. The molecule has 0 bridgehead atoms. The third-order valence-corrected chi connectivity index (χ3v) is 2.11. The number of hydrogen-bond donors (Lipinski definition) is 1. The normalized spacial score (nSPS) is 10.2. The Morgan fingerprint density at radius 2 is 2.36 bits per heavy atom. The van der Waals surface area contributed by atoms with Crippen LogP contribution in [0.25, 0.3) is 0 Å². The molecule has 0 spiro atoms. The molecule has 0 aromatic carbocycles. The van der Waals surface area contributed by atoms with E-state index in [1.54, 1.807) is 24.3 Å². The van der Waals surface area contributed by atoms with Gasteiger partial charge in [0, 0.05) is 26.6 Å². The van der Waals surface area contributed by atoms with Crippen LogP contribution in [0.2, 0.25) is 0 Å². The van der Waals surface area contributed by atoms with Crippen LogP contribution in [0.4, 0.5) is 0 Å². The lowest BCUT2D eigenvalue weighted by Crippen LogP contribution is -2.31. The van der Waals surface area contributed by atoms with Crippen molar-refractivity contribution in [1.29, 1.82) is 0 Å². The van der Waals surface area contributed by atoms with Gasteiger partial charge in [-0.1, -0.05) is 6.92 Å². The molecule has 1 aromatic rings. The topological polar surface area (TPSA) is 59.5 Å². The van der Waals surface area contributed by atoms with E-state index in [2.05, 4.69) is 0 Å². The first-order chi connectivity index (χ1) is 6.70. The molecule has 1 aromatic heterocycles. The maximum Gasteiger partial charge on any atom is 0.257 e. The second kappa shape index (κ2) is 4.81. The second-order valence-electron chi connectivity index (χ2n) is 3.13. The van der Waals surface area contributed by atoms with Crippen LogP contribution in [0.3, 0.4) is 0 Å². The molecule has 0 saturated carbocycles. The van der Waals surface area contributed by atoms with Gasteiger partial charge in [0.1, 0.15) is 5.76 Å². The monoisotopic (exact) mass is 196 g/mol. The van der Waals surface area contributed by atoms with Gasteiger partial charge in [0.25, 0.3) is 5.91 Å². The molecule has 14 heavy (non-hydrogen) atoms. The average molecular weight is 196 g/mol. The molecule has 4 heteroatoms. The summed E-state index contributed by atoms with van der Waals surface area (Å²) in [6.45, 7) is 2.99. The van der Waals surface area contributed by atoms with Crippen LogP contribution in [0.5, 0.6) is 0 Å². The highest BCUT2D eigenvalue weighted by molar-refractivity contribution is 5.95. The molecule has 2 N–H and O–H groups in total. The van der Waals surface area contributed by atoms with Gasteiger partial charge >= 0.3 is 0 Å². The smallest absolute Gasteiger partial charge is 0.257 e. The summed E-state index contributed by atoms with van der Waals surface area (Å²) in [7, 11) is 1.74. The number of hydrogen-bond acceptors (Lipinski definition) is 3. The van der Waals surface area contributed by atoms with E-state index >= 15 is 0 Å². The molecule has 0 aliphatic rings. The van der Waals surface area contributed by atoms with Gasteiger partial charge in [-0.2, -0.15) is 0 Å². The van der Waals surface area contributed by atoms with Crippen molar-refractivity contribution < 1.29 is 9.21 Å². The summed E-state index contributed by atoms with van der Waals surface area (Å²) in [6, 6.07) is 1.70. The summed E-state index contributed by atoms with van der Waals surface area (Å²) >= 11 is 0. The molecule has 1 rings (SSSR count). The standard InChI is InChI=1S/C10H16N2O2/c1-3-9-8(4-7-14-9)10(13)12(2)6-5-11/h4,7H,3,5-6,11H2,1-2H3. The van der Waals surface area contributed by atoms with Crippen molar-refractivity contribution in [1.82, 2.24) is 4.90 Å². The molecule has 1 heterocycles. The van der Waals surface area contributed by atoms with Crippen molar-refractivity contribution in [2.75, 3.05) is 20.1 Å². The Labute approximate surface area is 83.7 Å². The Kier molecular flexibility index (Phi) is 3.71. The molecule has 0 saturated heterocycles. The number of rotatable bonds is 4. The molecular formula is C10H16N2O2. The Morgan fingerprint density at radius 3 is 2.93 bits per heavy atom. The Bertz CT molecular complexity index is 307. The van der Waals surface area contributed by atoms with Gasteiger partial charge in [-0.25, -0.2) is 0 Å². The van der Waals surface area contributed by atoms with Gasteiger partial charge in [0.05, 0.1) is 11.8 Å². The van der Waals surface area contributed by atoms with Crippen LogP contribution >= 0.6 is 0 Å². The van der Waals surface area contributed by atoms with E-state index in [1.807, 2.05) is 6.92 Å². The van der Waals surface area contributed by atoms with E-state index in [4.69, 9.17) is 10.2 Å². The van der Waals surface area contributed by atoms with Gasteiger partial charge in [-0.3, -0.25) is 4.79 Å². The number of nitrogens with two attached hydrogens (primary N) is 1. The fourth-order valence-corrected chi connectivity index (χ4v) is 1.31. The van der Waals surface area contributed by atoms with Crippen molar-refractivity contribution in [3.63, 3.8) is 0 Å². The number of carbonyl (C=O) groups is 1. The number of carbonyl (C=O) groups excluding carboxylic acids is 1. The zero-order chi connectivity index (χ0) is 10.6. The van der Waals surface area contributed by atoms with E-state index in [9.17, 15) is 4.79 Å². The average Bonchev–Trinajstić information content (AvgIpc) is 2.64. The first kappa shape index (κ1) is 10.8. The molecule has 0 unspecified atom stereocenters. The van der Waals surface area contributed by atoms with E-state index in [0.717, 1.165) is 12.2 Å². The number of furan rings is 1. The summed E-state index contributed by atoms with van der Waals surface area (Å²) in [5.41, 5.74) is 6.02. The summed E-state index contributed by atoms with van der Waals surface area (Å²) in [5, 5.41) is 0. The zero-order valence-electron chi connectivity index (χ0n) is 8.62. The number of aryl methyl sites for hydroxylation is 1. The largest absolute Gasteiger partial charge is 0.469 e. The van der Waals surface area contributed by atoms with E-state index in [0.29, 0.717) is 18.7 Å². The van der Waals surface area contributed by atoms with Crippen molar-refractivity contribution in [2.24, 2.45) is 5.73 Å². The van der Waals surface area contributed by atoms with Crippen LogP contribution in [0.1, 0.15) is 23.0 Å². The number of amides is 1. The lowest BCUT2D eigenvalue weighted by Gasteiger charge is -2.15. The van der Waals surface area contributed by atoms with E-state index < -0.39 is 0 Å². The number of nitrogens with zero attached hydrogens (tertiary/aromatic N) is 1. The van der Waals surface area contributed by atoms with E-state index in [-0.39, 0.29) is 5.91 Å². The summed E-state index contributed by atoms with van der Waals surface area (Å²) in [5.74, 6) is 0.708. The molecule has 0 aliphatic heterocycles. The minimum atomic E-state index is -0.0268. The third kappa shape index (κ3) is 2.14. The first-order valence-electron chi connectivity index (χ1n) is 4.72. The van der Waals surface area contributed by atoms with Gasteiger partial charge in [0.2, 0.25) is 0 Å². The SMILES string of the molecule is CCc1occc1C(=O)N(C)CCN. The maximum atomic E-state index is 11.8. The van der Waals surface area contributed by atoms with Crippen molar-refractivity contribution in [2.45, 2.75) is 13.3 Å². The lowest BCUT2D eigenvalue weighted by molar-refractivity contribution is 0.0797. The molecular weight excluding hydrogens is 180 g/mol. The van der Waals surface area contributed by atoms with Gasteiger partial charge < -0.3 is 15.1 Å². The Morgan fingerprint density at radius 1 is 1.64 bits per heavy atom. The van der Waals surface area contributed by atoms with Gasteiger partial charge in [0.15, 0.2) is 0 Å². The quantitative estimate of drug-likeness (QED) is 0.777. The highest BCUT2D eigenvalue weighted by Gasteiger charge is 2.16. The highest BCUT2D eigenvalue weighted by atomic mass is 16.3. The highest BCUT2D eigenvalue weighted by Crippen LogP contribution is 2.12. The first-order valence-corrected chi connectivity index (χ1v) is 4.72. The van der Waals surface area contributed by atoms with Crippen LogP contribution < -0.4 is 5.73 Å². The van der Waals surface area contributed by atoms with Crippen LogP contribution in [0, 0.1) is 0 Å². The second-order valence-corrected chi connectivity index (χ2v) is 3.13. The fraction of sp³-hybridized carbons (Fsp3) is 0.500. The van der Waals surface area contributed by atoms with Crippen molar-refractivity contribution in [3.8, 4) is 0 Å². The van der Waals surface area contributed by atoms with E-state index in [1.165, 1.54) is 0 Å². The molecule has 1 amide bonds. The van der Waals surface area contributed by atoms with Crippen LogP contribution in [-0.2, 0) is 6.42 Å². The number of likely N-dealkylation sites (N-methyl/N-ethyl adjacent to an activating group) is 1. The Hall–Kier alpha value is -1.29. The minimum Gasteiger partial charge on any atom is -0.469 e. The maximum absolute atomic E-state index is 11.8. The third-order valence-electron chi connectivity index (χ3n) is 2.11. The molecule has 0 fully saturated rings. The minimum absolute atomic E-state index is 0.0268. The van der Waals surface area contributed by atoms with Gasteiger partial charge in [-0.15, -0.1) is 0 Å². The molecule has 0 atom stereocenters. The lowest BCUT2D eigenvalue weighted by atomic mass is 10.2. The molecule has 4 nitrogen and oxygen atoms in total. The zero-order valence-corrected chi connectivity index (χ0v) is 8.62. The Balaban J connectivity index is 2.78. The summed E-state index contributed by atoms with van der Waals surface area (Å²) in [6.07, 6.45) is 2.27. The van der Waals surface area contributed by atoms with Gasteiger partial charge in [-0.05, 0) is 6.07 Å². The fourth-order valence-electron chi connectivity index (χ4n) is 1.31. The van der Waals surface area contributed by atoms with Crippen LogP contribution in [-0.4, -0.2) is 30.9 Å². The summed E-state index contributed by atoms with van der Waals surface area (Å²) in [4.78, 5) is 13.4. The van der Waals surface area contributed by atoms with Crippen molar-refractivity contribution >= 4 is 5.91 Å². The molecule has 0 aliphatic carbocycles. The summed E-state index contributed by atoms with van der Waals surface area (Å²) < 4.78 is 5.18. The predicted octanol–water partition coefficient (Wildman–Crippen LogP) is 0.873. The van der Waals surface area contributed by atoms with Crippen molar-refractivity contribution in [3.05, 3.63) is 23.7 Å². The predicted molar refractivity (Wildman–Crippen MR) is 54.1 cm³/mol.